The average molecular weight is 403 g/mol. The Morgan fingerprint density at radius 3 is 2.82 bits per heavy atom. The zero-order valence-corrected chi connectivity index (χ0v) is 16.6. The van der Waals surface area contributed by atoms with Gasteiger partial charge < -0.3 is 14.8 Å². The van der Waals surface area contributed by atoms with Gasteiger partial charge in [-0.05, 0) is 37.3 Å². The minimum Gasteiger partial charge on any atom is -0.469 e. The summed E-state index contributed by atoms with van der Waals surface area (Å²) in [4.78, 5) is 14.9. The fraction of sp³-hybridized carbons (Fsp3) is 0.350. The summed E-state index contributed by atoms with van der Waals surface area (Å²) in [6.07, 6.45) is 4.00. The van der Waals surface area contributed by atoms with E-state index < -0.39 is 0 Å². The van der Waals surface area contributed by atoms with E-state index in [-0.39, 0.29) is 12.0 Å². The van der Waals surface area contributed by atoms with Crippen LogP contribution in [0.2, 0.25) is 5.02 Å². The molecule has 0 spiro atoms. The highest BCUT2D eigenvalue weighted by atomic mass is 35.5. The highest BCUT2D eigenvalue weighted by Crippen LogP contribution is 2.21. The lowest BCUT2D eigenvalue weighted by Gasteiger charge is -2.22. The second kappa shape index (κ2) is 9.64. The Morgan fingerprint density at radius 2 is 2.14 bits per heavy atom. The Morgan fingerprint density at radius 1 is 1.36 bits per heavy atom. The van der Waals surface area contributed by atoms with Crippen molar-refractivity contribution in [3.05, 3.63) is 53.4 Å². The fourth-order valence-electron chi connectivity index (χ4n) is 2.93. The van der Waals surface area contributed by atoms with Gasteiger partial charge in [0.15, 0.2) is 0 Å². The van der Waals surface area contributed by atoms with Crippen LogP contribution in [-0.2, 0) is 14.3 Å². The van der Waals surface area contributed by atoms with Crippen LogP contribution in [0.4, 0.5) is 0 Å². The molecule has 1 saturated heterocycles. The summed E-state index contributed by atoms with van der Waals surface area (Å²) in [5.41, 5.74) is 2.99. The summed E-state index contributed by atoms with van der Waals surface area (Å²) in [6.45, 7) is 4.16. The van der Waals surface area contributed by atoms with Gasteiger partial charge in [0.1, 0.15) is 0 Å². The van der Waals surface area contributed by atoms with Crippen molar-refractivity contribution >= 4 is 28.5 Å². The maximum Gasteiger partial charge on any atom is 0.307 e. The molecule has 3 aromatic rings. The van der Waals surface area contributed by atoms with Crippen molar-refractivity contribution in [2.75, 3.05) is 26.9 Å². The number of carbonyl (C=O) groups excluding carboxylic acids is 1. The van der Waals surface area contributed by atoms with Gasteiger partial charge in [0.25, 0.3) is 0 Å². The normalized spacial score (nSPS) is 16.3. The standard InChI is InChI=1S/C13H10ClN3.C7H13NO3/c1-9-12-6-7-15-8-13(12)17(16-9)11-4-2-10(14)3-5-11;1-10-7(9)4-6-5-11-3-2-8-6/h2-8H,1H3;6,8H,2-5H2,1H3. The largest absolute Gasteiger partial charge is 0.469 e. The predicted molar refractivity (Wildman–Crippen MR) is 108 cm³/mol. The monoisotopic (exact) mass is 402 g/mol. The molecule has 0 aliphatic carbocycles. The van der Waals surface area contributed by atoms with E-state index in [1.165, 1.54) is 7.11 Å². The van der Waals surface area contributed by atoms with E-state index in [0.29, 0.717) is 13.0 Å². The van der Waals surface area contributed by atoms with Crippen molar-refractivity contribution in [1.29, 1.82) is 0 Å². The summed E-state index contributed by atoms with van der Waals surface area (Å²) < 4.78 is 11.6. The number of hydrogen-bond donors (Lipinski definition) is 1. The molecule has 1 fully saturated rings. The minimum absolute atomic E-state index is 0.135. The molecule has 1 aromatic carbocycles. The van der Waals surface area contributed by atoms with Crippen molar-refractivity contribution in [3.63, 3.8) is 0 Å². The first-order valence-corrected chi connectivity index (χ1v) is 9.39. The number of hydrogen-bond acceptors (Lipinski definition) is 6. The molecule has 148 valence electrons. The number of pyridine rings is 1. The number of aryl methyl sites for hydroxylation is 1. The molecule has 1 atom stereocenters. The van der Waals surface area contributed by atoms with Crippen LogP contribution in [0.15, 0.2) is 42.7 Å². The number of esters is 1. The Balaban J connectivity index is 0.000000178. The van der Waals surface area contributed by atoms with Crippen LogP contribution in [0.1, 0.15) is 12.1 Å². The summed E-state index contributed by atoms with van der Waals surface area (Å²) in [7, 11) is 1.39. The molecule has 1 N–H and O–H groups in total. The second-order valence-corrected chi connectivity index (χ2v) is 6.81. The number of nitrogens with zero attached hydrogens (tertiary/aromatic N) is 3. The number of rotatable bonds is 3. The van der Waals surface area contributed by atoms with Crippen molar-refractivity contribution in [1.82, 2.24) is 20.1 Å². The van der Waals surface area contributed by atoms with Crippen LogP contribution in [0, 0.1) is 6.92 Å². The number of morpholine rings is 1. The third-order valence-corrected chi connectivity index (χ3v) is 4.63. The maximum atomic E-state index is 10.8. The molecule has 1 aliphatic rings. The molecular weight excluding hydrogens is 380 g/mol. The average Bonchev–Trinajstić information content (AvgIpc) is 3.07. The van der Waals surface area contributed by atoms with Gasteiger partial charge in [-0.15, -0.1) is 0 Å². The van der Waals surface area contributed by atoms with Gasteiger partial charge in [-0.3, -0.25) is 9.78 Å². The highest BCUT2D eigenvalue weighted by Gasteiger charge is 2.16. The molecule has 1 unspecified atom stereocenters. The Bertz CT molecular complexity index is 921. The van der Waals surface area contributed by atoms with Crippen LogP contribution in [0.3, 0.4) is 0 Å². The van der Waals surface area contributed by atoms with Gasteiger partial charge in [-0.1, -0.05) is 11.6 Å². The van der Waals surface area contributed by atoms with E-state index in [4.69, 9.17) is 16.3 Å². The van der Waals surface area contributed by atoms with Gasteiger partial charge in [-0.25, -0.2) is 4.68 Å². The molecule has 8 heteroatoms. The zero-order valence-electron chi connectivity index (χ0n) is 15.9. The van der Waals surface area contributed by atoms with E-state index in [1.807, 2.05) is 48.1 Å². The molecular formula is C20H23ClN4O3. The third kappa shape index (κ3) is 5.07. The number of carbonyl (C=O) groups is 1. The first kappa shape index (κ1) is 20.3. The van der Waals surface area contributed by atoms with Crippen molar-refractivity contribution in [2.24, 2.45) is 0 Å². The minimum atomic E-state index is -0.187. The molecule has 0 bridgehead atoms. The molecule has 0 saturated carbocycles. The number of aromatic nitrogens is 3. The second-order valence-electron chi connectivity index (χ2n) is 6.37. The Kier molecular flexibility index (Phi) is 6.97. The molecule has 4 rings (SSSR count). The first-order valence-electron chi connectivity index (χ1n) is 9.01. The number of fused-ring (bicyclic) bond motifs is 1. The molecule has 3 heterocycles. The number of ether oxygens (including phenoxy) is 2. The molecule has 7 nitrogen and oxygen atoms in total. The SMILES string of the molecule is COC(=O)CC1COCCN1.Cc1nn(-c2ccc(Cl)cc2)c2cnccc12. The van der Waals surface area contributed by atoms with Crippen LogP contribution < -0.4 is 5.32 Å². The van der Waals surface area contributed by atoms with Gasteiger partial charge in [0, 0.05) is 29.2 Å². The molecule has 28 heavy (non-hydrogen) atoms. The van der Waals surface area contributed by atoms with E-state index in [9.17, 15) is 4.79 Å². The summed E-state index contributed by atoms with van der Waals surface area (Å²) >= 11 is 5.88. The van der Waals surface area contributed by atoms with Crippen LogP contribution in [0.5, 0.6) is 0 Å². The lowest BCUT2D eigenvalue weighted by molar-refractivity contribution is -0.141. The van der Waals surface area contributed by atoms with Crippen LogP contribution in [-0.4, -0.2) is 53.6 Å². The van der Waals surface area contributed by atoms with Gasteiger partial charge >= 0.3 is 5.97 Å². The lowest BCUT2D eigenvalue weighted by atomic mass is 10.2. The molecule has 0 amide bonds. The van der Waals surface area contributed by atoms with Gasteiger partial charge in [0.05, 0.1) is 49.8 Å². The summed E-state index contributed by atoms with van der Waals surface area (Å²) in [5, 5.41) is 9.52. The number of nitrogens with one attached hydrogen (secondary N) is 1. The third-order valence-electron chi connectivity index (χ3n) is 4.38. The lowest BCUT2D eigenvalue weighted by Crippen LogP contribution is -2.42. The fourth-order valence-corrected chi connectivity index (χ4v) is 3.06. The predicted octanol–water partition coefficient (Wildman–Crippen LogP) is 2.92. The van der Waals surface area contributed by atoms with Gasteiger partial charge in [0.2, 0.25) is 0 Å². The van der Waals surface area contributed by atoms with Gasteiger partial charge in [-0.2, -0.15) is 5.10 Å². The number of halogens is 1. The molecule has 1 aliphatic heterocycles. The van der Waals surface area contributed by atoms with Crippen LogP contribution >= 0.6 is 11.6 Å². The van der Waals surface area contributed by atoms with Crippen molar-refractivity contribution in [2.45, 2.75) is 19.4 Å². The summed E-state index contributed by atoms with van der Waals surface area (Å²) in [6, 6.07) is 9.72. The molecule has 2 aromatic heterocycles. The quantitative estimate of drug-likeness (QED) is 0.679. The van der Waals surface area contributed by atoms with Crippen molar-refractivity contribution in [3.8, 4) is 5.69 Å². The smallest absolute Gasteiger partial charge is 0.307 e. The van der Waals surface area contributed by atoms with E-state index in [1.54, 1.807) is 6.20 Å². The number of methoxy groups -OCH3 is 1. The van der Waals surface area contributed by atoms with Crippen LogP contribution in [0.25, 0.3) is 16.6 Å². The molecule has 0 radical (unpaired) electrons. The zero-order chi connectivity index (χ0) is 19.9. The highest BCUT2D eigenvalue weighted by molar-refractivity contribution is 6.30. The Hall–Kier alpha value is -2.48. The summed E-state index contributed by atoms with van der Waals surface area (Å²) in [5.74, 6) is -0.187. The maximum absolute atomic E-state index is 10.8. The van der Waals surface area contributed by atoms with E-state index in [0.717, 1.165) is 40.5 Å². The first-order chi connectivity index (χ1) is 13.6. The Labute approximate surface area is 168 Å². The topological polar surface area (TPSA) is 78.3 Å². The number of benzene rings is 1. The van der Waals surface area contributed by atoms with E-state index >= 15 is 0 Å². The van der Waals surface area contributed by atoms with E-state index in [2.05, 4.69) is 20.1 Å². The van der Waals surface area contributed by atoms with Crippen molar-refractivity contribution < 1.29 is 14.3 Å².